The van der Waals surface area contributed by atoms with Gasteiger partial charge in [-0.25, -0.2) is 0 Å². The summed E-state index contributed by atoms with van der Waals surface area (Å²) in [5.41, 5.74) is 1.67. The molecule has 1 heterocycles. The van der Waals surface area contributed by atoms with Crippen molar-refractivity contribution in [2.75, 3.05) is 5.32 Å². The van der Waals surface area contributed by atoms with Crippen LogP contribution in [0.15, 0.2) is 24.3 Å². The van der Waals surface area contributed by atoms with Gasteiger partial charge in [0.25, 0.3) is 0 Å². The van der Waals surface area contributed by atoms with Gasteiger partial charge < -0.3 is 10.6 Å². The molecular weight excluding hydrogens is 276 g/mol. The number of amides is 2. The highest BCUT2D eigenvalue weighted by Gasteiger charge is 2.30. The molecule has 0 spiro atoms. The monoisotopic (exact) mass is 302 g/mol. The summed E-state index contributed by atoms with van der Waals surface area (Å²) in [6, 6.07) is 7.68. The van der Waals surface area contributed by atoms with Crippen LogP contribution >= 0.6 is 0 Å². The number of hydrogen-bond donors (Lipinski definition) is 2. The number of hydrogen-bond acceptors (Lipinski definition) is 2. The van der Waals surface area contributed by atoms with Crippen molar-refractivity contribution in [1.29, 1.82) is 0 Å². The quantitative estimate of drug-likeness (QED) is 0.845. The van der Waals surface area contributed by atoms with Crippen LogP contribution in [-0.2, 0) is 9.59 Å². The Bertz CT molecular complexity index is 540. The summed E-state index contributed by atoms with van der Waals surface area (Å²) in [6.07, 6.45) is 3.49. The van der Waals surface area contributed by atoms with Crippen LogP contribution in [0.2, 0.25) is 0 Å². The van der Waals surface area contributed by atoms with Crippen molar-refractivity contribution in [1.82, 2.24) is 5.32 Å². The molecule has 0 fully saturated rings. The minimum absolute atomic E-state index is 0.0423. The van der Waals surface area contributed by atoms with Gasteiger partial charge in [0.15, 0.2) is 0 Å². The minimum Gasteiger partial charge on any atom is -0.353 e. The standard InChI is InChI=1S/C18H26N2O2/c1-12(2)7-6-8-13(3)19-18(22)15-11-17(21)20-16-10-5-4-9-14(15)16/h4-5,9-10,12-13,15H,6-8,11H2,1-3H3,(H,19,22)(H,20,21). The van der Waals surface area contributed by atoms with Gasteiger partial charge in [-0.1, -0.05) is 44.9 Å². The Balaban J connectivity index is 1.96. The van der Waals surface area contributed by atoms with Crippen LogP contribution in [0, 0.1) is 5.92 Å². The van der Waals surface area contributed by atoms with Crippen LogP contribution in [0.5, 0.6) is 0 Å². The number of rotatable bonds is 6. The Kier molecular flexibility index (Phi) is 5.58. The lowest BCUT2D eigenvalue weighted by atomic mass is 9.89. The normalized spacial score (nSPS) is 18.5. The number of carbonyl (C=O) groups is 2. The van der Waals surface area contributed by atoms with Crippen LogP contribution in [0.1, 0.15) is 57.9 Å². The first kappa shape index (κ1) is 16.5. The van der Waals surface area contributed by atoms with E-state index < -0.39 is 0 Å². The molecule has 0 radical (unpaired) electrons. The van der Waals surface area contributed by atoms with Crippen molar-refractivity contribution in [3.63, 3.8) is 0 Å². The van der Waals surface area contributed by atoms with E-state index in [2.05, 4.69) is 24.5 Å². The molecule has 1 aromatic rings. The SMILES string of the molecule is CC(C)CCCC(C)NC(=O)C1CC(=O)Nc2ccccc21. The van der Waals surface area contributed by atoms with Crippen LogP contribution in [0.4, 0.5) is 5.69 Å². The maximum atomic E-state index is 12.5. The third kappa shape index (κ3) is 4.33. The summed E-state index contributed by atoms with van der Waals surface area (Å²) in [5.74, 6) is 0.181. The molecule has 2 atom stereocenters. The summed E-state index contributed by atoms with van der Waals surface area (Å²) in [5, 5.41) is 5.89. The predicted molar refractivity (Wildman–Crippen MR) is 88.7 cm³/mol. The number of nitrogens with one attached hydrogen (secondary N) is 2. The van der Waals surface area contributed by atoms with Crippen molar-refractivity contribution < 1.29 is 9.59 Å². The summed E-state index contributed by atoms with van der Waals surface area (Å²) in [6.45, 7) is 6.45. The molecule has 0 saturated heterocycles. The van der Waals surface area contributed by atoms with Gasteiger partial charge in [0.2, 0.25) is 11.8 Å². The minimum atomic E-state index is -0.377. The second-order valence-corrected chi connectivity index (χ2v) is 6.63. The number of benzene rings is 1. The highest BCUT2D eigenvalue weighted by atomic mass is 16.2. The Labute approximate surface area is 132 Å². The fraction of sp³-hybridized carbons (Fsp3) is 0.556. The number of anilines is 1. The molecule has 1 aliphatic rings. The van der Waals surface area contributed by atoms with Gasteiger partial charge in [0.1, 0.15) is 0 Å². The molecule has 22 heavy (non-hydrogen) atoms. The lowest BCUT2D eigenvalue weighted by Crippen LogP contribution is -2.39. The van der Waals surface area contributed by atoms with E-state index in [4.69, 9.17) is 0 Å². The van der Waals surface area contributed by atoms with Gasteiger partial charge in [0.05, 0.1) is 5.92 Å². The Morgan fingerprint density at radius 3 is 2.73 bits per heavy atom. The smallest absolute Gasteiger partial charge is 0.228 e. The molecule has 0 saturated carbocycles. The highest BCUT2D eigenvalue weighted by molar-refractivity contribution is 6.01. The molecule has 120 valence electrons. The zero-order valence-electron chi connectivity index (χ0n) is 13.7. The molecule has 4 heteroatoms. The van der Waals surface area contributed by atoms with E-state index in [1.165, 1.54) is 6.42 Å². The van der Waals surface area contributed by atoms with Gasteiger partial charge in [-0.2, -0.15) is 0 Å². The Morgan fingerprint density at radius 1 is 1.27 bits per heavy atom. The Morgan fingerprint density at radius 2 is 2.00 bits per heavy atom. The van der Waals surface area contributed by atoms with Crippen LogP contribution in [0.25, 0.3) is 0 Å². The fourth-order valence-corrected chi connectivity index (χ4v) is 2.89. The van der Waals surface area contributed by atoms with E-state index in [-0.39, 0.29) is 30.2 Å². The van der Waals surface area contributed by atoms with E-state index in [1.807, 2.05) is 31.2 Å². The first-order valence-corrected chi connectivity index (χ1v) is 8.16. The maximum Gasteiger partial charge on any atom is 0.228 e. The van der Waals surface area contributed by atoms with E-state index >= 15 is 0 Å². The van der Waals surface area contributed by atoms with Crippen molar-refractivity contribution in [3.05, 3.63) is 29.8 Å². The van der Waals surface area contributed by atoms with E-state index in [9.17, 15) is 9.59 Å². The van der Waals surface area contributed by atoms with E-state index in [1.54, 1.807) is 0 Å². The molecule has 2 unspecified atom stereocenters. The zero-order valence-corrected chi connectivity index (χ0v) is 13.7. The van der Waals surface area contributed by atoms with Crippen molar-refractivity contribution in [2.45, 2.75) is 58.4 Å². The van der Waals surface area contributed by atoms with Crippen molar-refractivity contribution in [2.24, 2.45) is 5.92 Å². The van der Waals surface area contributed by atoms with Gasteiger partial charge in [-0.3, -0.25) is 9.59 Å². The van der Waals surface area contributed by atoms with Crippen LogP contribution in [0.3, 0.4) is 0 Å². The molecule has 0 aromatic heterocycles. The topological polar surface area (TPSA) is 58.2 Å². The average Bonchev–Trinajstić information content (AvgIpc) is 2.45. The predicted octanol–water partition coefficient (Wildman–Crippen LogP) is 3.44. The number of carbonyl (C=O) groups excluding carboxylic acids is 2. The zero-order chi connectivity index (χ0) is 16.1. The van der Waals surface area contributed by atoms with E-state index in [0.717, 1.165) is 24.1 Å². The molecule has 0 aliphatic carbocycles. The molecule has 2 amide bonds. The van der Waals surface area contributed by atoms with Gasteiger partial charge in [0, 0.05) is 18.2 Å². The summed E-state index contributed by atoms with van der Waals surface area (Å²) in [4.78, 5) is 24.3. The maximum absolute atomic E-state index is 12.5. The molecule has 1 aliphatic heterocycles. The molecule has 2 N–H and O–H groups in total. The van der Waals surface area contributed by atoms with Gasteiger partial charge >= 0.3 is 0 Å². The lowest BCUT2D eigenvalue weighted by molar-refractivity contribution is -0.126. The second kappa shape index (κ2) is 7.43. The molecule has 1 aromatic carbocycles. The van der Waals surface area contributed by atoms with E-state index in [0.29, 0.717) is 5.92 Å². The molecular formula is C18H26N2O2. The summed E-state index contributed by atoms with van der Waals surface area (Å²) in [7, 11) is 0. The van der Waals surface area contributed by atoms with Crippen molar-refractivity contribution >= 4 is 17.5 Å². The number of fused-ring (bicyclic) bond motifs is 1. The third-order valence-corrected chi connectivity index (χ3v) is 4.12. The Hall–Kier alpha value is -1.84. The second-order valence-electron chi connectivity index (χ2n) is 6.63. The highest BCUT2D eigenvalue weighted by Crippen LogP contribution is 2.32. The molecule has 4 nitrogen and oxygen atoms in total. The van der Waals surface area contributed by atoms with Crippen LogP contribution in [-0.4, -0.2) is 17.9 Å². The number of para-hydroxylation sites is 1. The third-order valence-electron chi connectivity index (χ3n) is 4.12. The fourth-order valence-electron chi connectivity index (χ4n) is 2.89. The lowest BCUT2D eigenvalue weighted by Gasteiger charge is -2.26. The summed E-state index contributed by atoms with van der Waals surface area (Å²) >= 11 is 0. The van der Waals surface area contributed by atoms with Gasteiger partial charge in [-0.05, 0) is 30.9 Å². The average molecular weight is 302 g/mol. The summed E-state index contributed by atoms with van der Waals surface area (Å²) < 4.78 is 0. The first-order chi connectivity index (χ1) is 10.5. The van der Waals surface area contributed by atoms with Crippen molar-refractivity contribution in [3.8, 4) is 0 Å². The first-order valence-electron chi connectivity index (χ1n) is 8.16. The molecule has 0 bridgehead atoms. The largest absolute Gasteiger partial charge is 0.353 e. The van der Waals surface area contributed by atoms with Gasteiger partial charge in [-0.15, -0.1) is 0 Å². The molecule has 2 rings (SSSR count). The van der Waals surface area contributed by atoms with Crippen LogP contribution < -0.4 is 10.6 Å².